The lowest BCUT2D eigenvalue weighted by molar-refractivity contribution is 0.590. The van der Waals surface area contributed by atoms with Gasteiger partial charge in [0.1, 0.15) is 0 Å². The van der Waals surface area contributed by atoms with Gasteiger partial charge in [-0.15, -0.1) is 0 Å². The molecule has 0 bridgehead atoms. The van der Waals surface area contributed by atoms with Crippen LogP contribution >= 0.6 is 0 Å². The molecule has 0 aliphatic heterocycles. The SMILES string of the molecule is CC(C)(C)c1ccc2[nH]c3c(-c4cc(-c5cccc6ccncc56)cc(-c5cc(-c6ccccc6)cc(-c6cc(-c7ccccc7)ccn6)c5)n4)cc(C(C)(C)C)cc3c2c1. The van der Waals surface area contributed by atoms with Crippen LogP contribution in [0.2, 0.25) is 0 Å². The second-order valence-electron chi connectivity index (χ2n) is 18.3. The van der Waals surface area contributed by atoms with Gasteiger partial charge in [-0.05, 0) is 134 Å². The molecule has 4 nitrogen and oxygen atoms in total. The van der Waals surface area contributed by atoms with Crippen molar-refractivity contribution in [1.29, 1.82) is 0 Å². The highest BCUT2D eigenvalue weighted by Gasteiger charge is 2.23. The molecule has 0 amide bonds. The minimum Gasteiger partial charge on any atom is -0.354 e. The largest absolute Gasteiger partial charge is 0.354 e. The number of aromatic nitrogens is 4. The molecule has 0 aliphatic carbocycles. The Balaban J connectivity index is 1.26. The van der Waals surface area contributed by atoms with Crippen LogP contribution in [0.1, 0.15) is 52.7 Å². The zero-order valence-corrected chi connectivity index (χ0v) is 35.6. The first-order chi connectivity index (χ1) is 29.5. The van der Waals surface area contributed by atoms with Gasteiger partial charge in [-0.25, -0.2) is 4.98 Å². The van der Waals surface area contributed by atoms with E-state index in [-0.39, 0.29) is 10.8 Å². The molecule has 0 aliphatic rings. The molecular weight excluding hydrogens is 741 g/mol. The van der Waals surface area contributed by atoms with Gasteiger partial charge in [-0.3, -0.25) is 9.97 Å². The lowest BCUT2D eigenvalue weighted by Gasteiger charge is -2.21. The van der Waals surface area contributed by atoms with E-state index in [4.69, 9.17) is 9.97 Å². The Morgan fingerprint density at radius 2 is 1.07 bits per heavy atom. The molecule has 0 spiro atoms. The Kier molecular flexibility index (Phi) is 9.25. The maximum absolute atomic E-state index is 5.66. The van der Waals surface area contributed by atoms with Crippen LogP contribution in [0.3, 0.4) is 0 Å². The van der Waals surface area contributed by atoms with E-state index in [1.165, 1.54) is 21.9 Å². The molecule has 4 heteroatoms. The highest BCUT2D eigenvalue weighted by Crippen LogP contribution is 2.42. The Morgan fingerprint density at radius 1 is 0.410 bits per heavy atom. The molecule has 10 rings (SSSR count). The number of fused-ring (bicyclic) bond motifs is 4. The number of H-pyrrole nitrogens is 1. The standard InChI is InChI=1S/C57H48N4/c1-56(2,3)44-20-21-51-47(32-44)48-33-45(57(4,5)6)34-49(55(48)61-51)54-31-41(46-19-13-18-38-22-24-58-35-50(38)46)30-53(60-54)43-27-40(37-16-11-8-12-17-37)26-42(28-43)52-29-39(23-25-59-52)36-14-9-7-10-15-36/h7-35,61H,1-6H3. The van der Waals surface area contributed by atoms with Crippen LogP contribution in [-0.2, 0) is 10.8 Å². The van der Waals surface area contributed by atoms with Crippen LogP contribution in [0, 0.1) is 0 Å². The van der Waals surface area contributed by atoms with Crippen LogP contribution < -0.4 is 0 Å². The lowest BCUT2D eigenvalue weighted by Crippen LogP contribution is -2.11. The fourth-order valence-electron chi connectivity index (χ4n) is 8.56. The van der Waals surface area contributed by atoms with E-state index in [1.807, 2.05) is 18.6 Å². The first-order valence-electron chi connectivity index (χ1n) is 21.2. The van der Waals surface area contributed by atoms with E-state index in [2.05, 4.69) is 209 Å². The van der Waals surface area contributed by atoms with Crippen LogP contribution in [0.15, 0.2) is 176 Å². The summed E-state index contributed by atoms with van der Waals surface area (Å²) in [5.74, 6) is 0. The third-order valence-electron chi connectivity index (χ3n) is 12.0. The van der Waals surface area contributed by atoms with Crippen molar-refractivity contribution in [3.05, 3.63) is 187 Å². The number of nitrogens with zero attached hydrogens (tertiary/aromatic N) is 3. The monoisotopic (exact) mass is 788 g/mol. The van der Waals surface area contributed by atoms with Crippen molar-refractivity contribution >= 4 is 32.6 Å². The van der Waals surface area contributed by atoms with Gasteiger partial charge in [-0.1, -0.05) is 126 Å². The molecule has 0 saturated carbocycles. The summed E-state index contributed by atoms with van der Waals surface area (Å²) in [5.41, 5.74) is 17.2. The summed E-state index contributed by atoms with van der Waals surface area (Å²) >= 11 is 0. The van der Waals surface area contributed by atoms with Crippen molar-refractivity contribution in [1.82, 2.24) is 19.9 Å². The molecule has 10 aromatic rings. The summed E-state index contributed by atoms with van der Waals surface area (Å²) in [7, 11) is 0. The fourth-order valence-corrected chi connectivity index (χ4v) is 8.56. The minimum atomic E-state index is -0.101. The molecule has 6 aromatic carbocycles. The number of pyridine rings is 3. The summed E-state index contributed by atoms with van der Waals surface area (Å²) in [4.78, 5) is 19.1. The summed E-state index contributed by atoms with van der Waals surface area (Å²) in [6.45, 7) is 13.7. The van der Waals surface area contributed by atoms with E-state index in [0.29, 0.717) is 0 Å². The van der Waals surface area contributed by atoms with Crippen molar-refractivity contribution in [2.24, 2.45) is 0 Å². The van der Waals surface area contributed by atoms with Gasteiger partial charge in [-0.2, -0.15) is 0 Å². The maximum Gasteiger partial charge on any atom is 0.0736 e. The van der Waals surface area contributed by atoms with Gasteiger partial charge in [0.05, 0.1) is 22.6 Å². The van der Waals surface area contributed by atoms with Crippen molar-refractivity contribution in [3.63, 3.8) is 0 Å². The first-order valence-corrected chi connectivity index (χ1v) is 21.2. The molecule has 61 heavy (non-hydrogen) atoms. The molecule has 0 fully saturated rings. The third kappa shape index (κ3) is 7.29. The topological polar surface area (TPSA) is 54.5 Å². The number of aromatic amines is 1. The molecule has 296 valence electrons. The Bertz CT molecular complexity index is 3250. The van der Waals surface area contributed by atoms with Crippen molar-refractivity contribution in [2.75, 3.05) is 0 Å². The van der Waals surface area contributed by atoms with Crippen molar-refractivity contribution in [2.45, 2.75) is 52.4 Å². The number of hydrogen-bond donors (Lipinski definition) is 1. The number of nitrogens with one attached hydrogen (secondary N) is 1. The quantitative estimate of drug-likeness (QED) is 0.183. The summed E-state index contributed by atoms with van der Waals surface area (Å²) in [6.07, 6.45) is 5.76. The Morgan fingerprint density at radius 3 is 1.80 bits per heavy atom. The van der Waals surface area contributed by atoms with Crippen molar-refractivity contribution in [3.8, 4) is 67.2 Å². The lowest BCUT2D eigenvalue weighted by atomic mass is 9.83. The molecular formula is C57H48N4. The van der Waals surface area contributed by atoms with E-state index in [0.717, 1.165) is 89.0 Å². The summed E-state index contributed by atoms with van der Waals surface area (Å²) in [5, 5.41) is 4.69. The van der Waals surface area contributed by atoms with Gasteiger partial charge in [0.2, 0.25) is 0 Å². The van der Waals surface area contributed by atoms with E-state index in [1.54, 1.807) is 0 Å². The third-order valence-corrected chi connectivity index (χ3v) is 12.0. The van der Waals surface area contributed by atoms with Crippen LogP contribution in [0.5, 0.6) is 0 Å². The number of benzene rings is 6. The van der Waals surface area contributed by atoms with Gasteiger partial charge in [0.25, 0.3) is 0 Å². The van der Waals surface area contributed by atoms with Gasteiger partial charge >= 0.3 is 0 Å². The van der Waals surface area contributed by atoms with Gasteiger partial charge in [0.15, 0.2) is 0 Å². The zero-order valence-electron chi connectivity index (χ0n) is 35.6. The van der Waals surface area contributed by atoms with E-state index < -0.39 is 0 Å². The minimum absolute atomic E-state index is 0.0197. The average molecular weight is 789 g/mol. The van der Waals surface area contributed by atoms with Crippen LogP contribution in [0.4, 0.5) is 0 Å². The normalized spacial score (nSPS) is 12.1. The van der Waals surface area contributed by atoms with E-state index >= 15 is 0 Å². The molecule has 4 aromatic heterocycles. The van der Waals surface area contributed by atoms with Gasteiger partial charge in [0, 0.05) is 57.0 Å². The summed E-state index contributed by atoms with van der Waals surface area (Å²) in [6, 6.07) is 56.9. The van der Waals surface area contributed by atoms with Crippen molar-refractivity contribution < 1.29 is 0 Å². The molecule has 0 unspecified atom stereocenters. The van der Waals surface area contributed by atoms with Gasteiger partial charge < -0.3 is 4.98 Å². The number of rotatable bonds is 6. The molecule has 0 atom stereocenters. The first kappa shape index (κ1) is 38.1. The smallest absolute Gasteiger partial charge is 0.0736 e. The Labute approximate surface area is 358 Å². The average Bonchev–Trinajstić information content (AvgIpc) is 3.66. The highest BCUT2D eigenvalue weighted by atomic mass is 14.8. The fraction of sp³-hybridized carbons (Fsp3) is 0.140. The summed E-state index contributed by atoms with van der Waals surface area (Å²) < 4.78 is 0. The number of hydrogen-bond acceptors (Lipinski definition) is 3. The Hall–Kier alpha value is -7.17. The zero-order chi connectivity index (χ0) is 41.9. The highest BCUT2D eigenvalue weighted by molar-refractivity contribution is 6.12. The predicted molar refractivity (Wildman–Crippen MR) is 257 cm³/mol. The van der Waals surface area contributed by atoms with E-state index in [9.17, 15) is 0 Å². The second kappa shape index (κ2) is 14.8. The van der Waals surface area contributed by atoms with Crippen LogP contribution in [-0.4, -0.2) is 19.9 Å². The molecule has 0 radical (unpaired) electrons. The molecule has 0 saturated heterocycles. The van der Waals surface area contributed by atoms with Crippen LogP contribution in [0.25, 0.3) is 99.7 Å². The second-order valence-corrected chi connectivity index (χ2v) is 18.3. The molecule has 1 N–H and O–H groups in total. The predicted octanol–water partition coefficient (Wildman–Crippen LogP) is 15.3. The molecule has 4 heterocycles. The maximum atomic E-state index is 5.66.